The van der Waals surface area contributed by atoms with E-state index in [0.29, 0.717) is 0 Å². The standard InChI is InChI=1S/C8H10NS/c10-6-2-4-8-3-1-5-9-7-8/h1,3-5,7,10H,2,6H2. The molecule has 0 aliphatic carbocycles. The molecule has 0 aromatic carbocycles. The van der Waals surface area contributed by atoms with E-state index in [1.54, 1.807) is 6.20 Å². The summed E-state index contributed by atoms with van der Waals surface area (Å²) in [4.78, 5) is 3.98. The zero-order valence-corrected chi connectivity index (χ0v) is 6.59. The molecule has 0 bridgehead atoms. The lowest BCUT2D eigenvalue weighted by Gasteiger charge is -1.94. The Morgan fingerprint density at radius 3 is 3.10 bits per heavy atom. The third-order valence-electron chi connectivity index (χ3n) is 1.19. The predicted octanol–water partition coefficient (Wildman–Crippen LogP) is 1.95. The van der Waals surface area contributed by atoms with Gasteiger partial charge in [-0.3, -0.25) is 4.98 Å². The molecule has 2 heteroatoms. The van der Waals surface area contributed by atoms with Gasteiger partial charge in [-0.25, -0.2) is 0 Å². The fraction of sp³-hybridized carbons (Fsp3) is 0.250. The molecule has 0 aliphatic rings. The summed E-state index contributed by atoms with van der Waals surface area (Å²) in [5.41, 5.74) is 1.18. The molecule has 1 heterocycles. The number of rotatable bonds is 3. The van der Waals surface area contributed by atoms with Crippen molar-refractivity contribution in [2.24, 2.45) is 0 Å². The van der Waals surface area contributed by atoms with Crippen LogP contribution in [-0.2, 0) is 0 Å². The van der Waals surface area contributed by atoms with Crippen molar-refractivity contribution in [3.05, 3.63) is 36.5 Å². The number of aromatic nitrogens is 1. The second-order valence-corrected chi connectivity index (χ2v) is 2.45. The van der Waals surface area contributed by atoms with Crippen molar-refractivity contribution >= 4 is 12.6 Å². The highest BCUT2D eigenvalue weighted by Crippen LogP contribution is 2.02. The minimum atomic E-state index is 0.898. The minimum absolute atomic E-state index is 0.898. The molecule has 0 unspecified atom stereocenters. The molecule has 53 valence electrons. The molecule has 10 heavy (non-hydrogen) atoms. The first-order valence-corrected chi connectivity index (χ1v) is 3.91. The van der Waals surface area contributed by atoms with Gasteiger partial charge in [0.15, 0.2) is 0 Å². The molecular weight excluding hydrogens is 142 g/mol. The topological polar surface area (TPSA) is 12.9 Å². The maximum absolute atomic E-state index is 4.10. The maximum Gasteiger partial charge on any atom is 0.0302 e. The monoisotopic (exact) mass is 152 g/mol. The molecule has 1 radical (unpaired) electrons. The van der Waals surface area contributed by atoms with Gasteiger partial charge in [-0.05, 0) is 30.2 Å². The van der Waals surface area contributed by atoms with Gasteiger partial charge in [0.05, 0.1) is 0 Å². The average Bonchev–Trinajstić information content (AvgIpc) is 2.03. The van der Waals surface area contributed by atoms with Gasteiger partial charge in [0.2, 0.25) is 0 Å². The zero-order valence-electron chi connectivity index (χ0n) is 5.70. The van der Waals surface area contributed by atoms with Gasteiger partial charge in [-0.1, -0.05) is 6.07 Å². The van der Waals surface area contributed by atoms with Crippen LogP contribution in [0.2, 0.25) is 0 Å². The van der Waals surface area contributed by atoms with Crippen LogP contribution in [0, 0.1) is 6.42 Å². The van der Waals surface area contributed by atoms with Gasteiger partial charge < -0.3 is 0 Å². The van der Waals surface area contributed by atoms with Crippen LogP contribution in [0.4, 0.5) is 0 Å². The SMILES string of the molecule is SCC[CH]c1cccnc1. The van der Waals surface area contributed by atoms with E-state index in [4.69, 9.17) is 0 Å². The van der Waals surface area contributed by atoms with Gasteiger partial charge in [-0.15, -0.1) is 0 Å². The van der Waals surface area contributed by atoms with E-state index in [-0.39, 0.29) is 0 Å². The molecule has 0 N–H and O–H groups in total. The van der Waals surface area contributed by atoms with Crippen LogP contribution in [0.1, 0.15) is 12.0 Å². The summed E-state index contributed by atoms with van der Waals surface area (Å²) in [5, 5.41) is 0. The van der Waals surface area contributed by atoms with Crippen molar-refractivity contribution in [3.8, 4) is 0 Å². The lowest BCUT2D eigenvalue weighted by atomic mass is 10.2. The third kappa shape index (κ3) is 2.40. The summed E-state index contributed by atoms with van der Waals surface area (Å²) < 4.78 is 0. The number of thiol groups is 1. The van der Waals surface area contributed by atoms with Gasteiger partial charge in [0.1, 0.15) is 0 Å². The van der Waals surface area contributed by atoms with Crippen molar-refractivity contribution < 1.29 is 0 Å². The predicted molar refractivity (Wildman–Crippen MR) is 46.1 cm³/mol. The summed E-state index contributed by atoms with van der Waals surface area (Å²) >= 11 is 4.10. The van der Waals surface area contributed by atoms with Gasteiger partial charge in [-0.2, -0.15) is 12.6 Å². The minimum Gasteiger partial charge on any atom is -0.264 e. The highest BCUT2D eigenvalue weighted by atomic mass is 32.1. The Hall–Kier alpha value is -0.500. The summed E-state index contributed by atoms with van der Waals surface area (Å²) in [6.45, 7) is 0. The fourth-order valence-electron chi connectivity index (χ4n) is 0.728. The molecule has 0 amide bonds. The molecular formula is C8H10NS. The summed E-state index contributed by atoms with van der Waals surface area (Å²) in [6.07, 6.45) is 6.76. The number of nitrogens with zero attached hydrogens (tertiary/aromatic N) is 1. The smallest absolute Gasteiger partial charge is 0.0302 e. The Labute approximate surface area is 66.9 Å². The summed E-state index contributed by atoms with van der Waals surface area (Å²) in [6, 6.07) is 3.97. The Morgan fingerprint density at radius 1 is 1.60 bits per heavy atom. The Balaban J connectivity index is 2.43. The maximum atomic E-state index is 4.10. The quantitative estimate of drug-likeness (QED) is 0.653. The van der Waals surface area contributed by atoms with Crippen LogP contribution in [0.3, 0.4) is 0 Å². The second-order valence-electron chi connectivity index (χ2n) is 2.00. The van der Waals surface area contributed by atoms with Crippen LogP contribution in [0.5, 0.6) is 0 Å². The van der Waals surface area contributed by atoms with Crippen LogP contribution in [0.15, 0.2) is 24.5 Å². The number of hydrogen-bond acceptors (Lipinski definition) is 2. The largest absolute Gasteiger partial charge is 0.264 e. The van der Waals surface area contributed by atoms with Crippen molar-refractivity contribution in [3.63, 3.8) is 0 Å². The lowest BCUT2D eigenvalue weighted by molar-refractivity contribution is 1.12. The molecule has 1 rings (SSSR count). The molecule has 0 saturated heterocycles. The van der Waals surface area contributed by atoms with Crippen LogP contribution < -0.4 is 0 Å². The van der Waals surface area contributed by atoms with Crippen molar-refractivity contribution in [1.29, 1.82) is 0 Å². The van der Waals surface area contributed by atoms with Crippen molar-refractivity contribution in [2.45, 2.75) is 6.42 Å². The van der Waals surface area contributed by atoms with E-state index in [2.05, 4.69) is 24.0 Å². The van der Waals surface area contributed by atoms with Crippen LogP contribution >= 0.6 is 12.6 Å². The first-order valence-electron chi connectivity index (χ1n) is 3.27. The van der Waals surface area contributed by atoms with Crippen LogP contribution in [0.25, 0.3) is 0 Å². The van der Waals surface area contributed by atoms with Gasteiger partial charge in [0, 0.05) is 12.4 Å². The highest BCUT2D eigenvalue weighted by molar-refractivity contribution is 7.80. The van der Waals surface area contributed by atoms with E-state index in [9.17, 15) is 0 Å². The molecule has 1 aromatic heterocycles. The average molecular weight is 152 g/mol. The normalized spacial score (nSPS) is 9.70. The molecule has 0 fully saturated rings. The zero-order chi connectivity index (χ0) is 7.23. The molecule has 1 aromatic rings. The summed E-state index contributed by atoms with van der Waals surface area (Å²) in [5.74, 6) is 0.898. The van der Waals surface area contributed by atoms with Crippen molar-refractivity contribution in [1.82, 2.24) is 4.98 Å². The molecule has 0 saturated carbocycles. The first kappa shape index (κ1) is 7.61. The van der Waals surface area contributed by atoms with E-state index in [1.165, 1.54) is 5.56 Å². The Morgan fingerprint density at radius 2 is 2.50 bits per heavy atom. The Kier molecular flexibility index (Phi) is 3.30. The van der Waals surface area contributed by atoms with E-state index in [1.807, 2.05) is 18.3 Å². The Bertz CT molecular complexity index is 174. The first-order chi connectivity index (χ1) is 4.93. The fourth-order valence-corrected chi connectivity index (χ4v) is 0.857. The van der Waals surface area contributed by atoms with Crippen molar-refractivity contribution in [2.75, 3.05) is 5.75 Å². The van der Waals surface area contributed by atoms with E-state index in [0.717, 1.165) is 12.2 Å². The molecule has 1 nitrogen and oxygen atoms in total. The molecule has 0 atom stereocenters. The van der Waals surface area contributed by atoms with E-state index < -0.39 is 0 Å². The third-order valence-corrected chi connectivity index (χ3v) is 1.45. The number of hydrogen-bond donors (Lipinski definition) is 1. The number of pyridine rings is 1. The molecule has 0 spiro atoms. The van der Waals surface area contributed by atoms with E-state index >= 15 is 0 Å². The highest BCUT2D eigenvalue weighted by Gasteiger charge is 1.89. The molecule has 0 aliphatic heterocycles. The van der Waals surface area contributed by atoms with Gasteiger partial charge in [0.25, 0.3) is 0 Å². The summed E-state index contributed by atoms with van der Waals surface area (Å²) in [7, 11) is 0. The van der Waals surface area contributed by atoms with Gasteiger partial charge >= 0.3 is 0 Å². The second kappa shape index (κ2) is 4.34. The lowest BCUT2D eigenvalue weighted by Crippen LogP contribution is -1.82. The van der Waals surface area contributed by atoms with Crippen LogP contribution in [-0.4, -0.2) is 10.7 Å².